The molecule has 3 N–H and O–H groups in total. The fourth-order valence-electron chi connectivity index (χ4n) is 1.13. The fourth-order valence-corrected chi connectivity index (χ4v) is 1.13. The monoisotopic (exact) mass is 159 g/mol. The lowest BCUT2D eigenvalue weighted by atomic mass is 10.2. The number of aliphatic carboxylic acids is 2. The van der Waals surface area contributed by atoms with Crippen molar-refractivity contribution < 1.29 is 19.8 Å². The molecule has 0 spiro atoms. The first-order valence-corrected chi connectivity index (χ1v) is 3.33. The smallest absolute Gasteiger partial charge is 0.320 e. The van der Waals surface area contributed by atoms with E-state index in [0.717, 1.165) is 0 Å². The molecule has 0 aromatic heterocycles. The molecule has 0 radical (unpaired) electrons. The number of carboxylic acids is 2. The molecule has 0 amide bonds. The van der Waals surface area contributed by atoms with Crippen LogP contribution in [0.15, 0.2) is 0 Å². The summed E-state index contributed by atoms with van der Waals surface area (Å²) in [6.07, 6.45) is 0.790. The normalized spacial score (nSPS) is 30.2. The lowest BCUT2D eigenvalue weighted by Crippen LogP contribution is -2.39. The number of carboxylic acid groups (broad SMARTS) is 2. The molecule has 0 aliphatic carbocycles. The third-order valence-electron chi connectivity index (χ3n) is 1.74. The highest BCUT2D eigenvalue weighted by Gasteiger charge is 2.32. The molecule has 1 unspecified atom stereocenters. The zero-order valence-corrected chi connectivity index (χ0v) is 5.78. The summed E-state index contributed by atoms with van der Waals surface area (Å²) >= 11 is 0. The van der Waals surface area contributed by atoms with Gasteiger partial charge >= 0.3 is 11.9 Å². The first kappa shape index (κ1) is 8.00. The van der Waals surface area contributed by atoms with Crippen molar-refractivity contribution in [2.45, 2.75) is 24.9 Å². The summed E-state index contributed by atoms with van der Waals surface area (Å²) in [4.78, 5) is 20.6. The zero-order chi connectivity index (χ0) is 8.43. The number of rotatable bonds is 2. The van der Waals surface area contributed by atoms with Gasteiger partial charge in [0.1, 0.15) is 12.1 Å². The Morgan fingerprint density at radius 2 is 1.45 bits per heavy atom. The van der Waals surface area contributed by atoms with Gasteiger partial charge in [0.15, 0.2) is 0 Å². The van der Waals surface area contributed by atoms with E-state index < -0.39 is 24.0 Å². The van der Waals surface area contributed by atoms with Crippen LogP contribution in [0, 0.1) is 0 Å². The van der Waals surface area contributed by atoms with Crippen LogP contribution in [0.25, 0.3) is 0 Å². The minimum atomic E-state index is -0.978. The highest BCUT2D eigenvalue weighted by molar-refractivity contribution is 5.79. The van der Waals surface area contributed by atoms with Gasteiger partial charge in [-0.05, 0) is 12.8 Å². The molecule has 0 aromatic carbocycles. The average molecular weight is 159 g/mol. The first-order valence-electron chi connectivity index (χ1n) is 3.33. The van der Waals surface area contributed by atoms with Crippen molar-refractivity contribution in [1.82, 2.24) is 5.32 Å². The Kier molecular flexibility index (Phi) is 2.09. The van der Waals surface area contributed by atoms with E-state index in [1.807, 2.05) is 0 Å². The molecular weight excluding hydrogens is 150 g/mol. The van der Waals surface area contributed by atoms with E-state index in [2.05, 4.69) is 5.32 Å². The van der Waals surface area contributed by atoms with Crippen molar-refractivity contribution in [2.75, 3.05) is 0 Å². The number of hydrogen-bond donors (Lipinski definition) is 3. The van der Waals surface area contributed by atoms with Crippen LogP contribution in [-0.4, -0.2) is 34.2 Å². The largest absolute Gasteiger partial charge is 0.480 e. The molecule has 0 saturated carbocycles. The van der Waals surface area contributed by atoms with Crippen molar-refractivity contribution in [1.29, 1.82) is 0 Å². The Labute approximate surface area is 63.0 Å². The molecule has 1 aliphatic rings. The molecule has 5 nitrogen and oxygen atoms in total. The third kappa shape index (κ3) is 1.68. The Morgan fingerprint density at radius 3 is 1.64 bits per heavy atom. The standard InChI is InChI=1S/C6H9NO4/c8-5(9)3-1-2-4(7-3)6(10)11/h3-4,7H,1-2H2,(H,8,9)(H,10,11)/t3-,4?/m0/s1. The Bertz CT molecular complexity index is 171. The molecular formula is C6H9NO4. The molecule has 1 saturated heterocycles. The maximum absolute atomic E-state index is 10.3. The maximum Gasteiger partial charge on any atom is 0.320 e. The second kappa shape index (κ2) is 2.87. The van der Waals surface area contributed by atoms with Gasteiger partial charge in [0, 0.05) is 0 Å². The summed E-state index contributed by atoms with van der Waals surface area (Å²) in [6, 6.07) is -1.37. The van der Waals surface area contributed by atoms with Crippen molar-refractivity contribution in [2.24, 2.45) is 0 Å². The molecule has 2 atom stereocenters. The van der Waals surface area contributed by atoms with Gasteiger partial charge in [-0.15, -0.1) is 0 Å². The Morgan fingerprint density at radius 1 is 1.09 bits per heavy atom. The van der Waals surface area contributed by atoms with E-state index in [-0.39, 0.29) is 0 Å². The lowest BCUT2D eigenvalue weighted by molar-refractivity contribution is -0.140. The van der Waals surface area contributed by atoms with Crippen LogP contribution in [0.1, 0.15) is 12.8 Å². The van der Waals surface area contributed by atoms with E-state index in [1.165, 1.54) is 0 Å². The molecule has 1 fully saturated rings. The molecule has 0 bridgehead atoms. The van der Waals surface area contributed by atoms with Gasteiger partial charge in [0.25, 0.3) is 0 Å². The third-order valence-corrected chi connectivity index (χ3v) is 1.74. The molecule has 1 rings (SSSR count). The van der Waals surface area contributed by atoms with Gasteiger partial charge in [0.05, 0.1) is 0 Å². The Balaban J connectivity index is 2.47. The van der Waals surface area contributed by atoms with Gasteiger partial charge in [-0.3, -0.25) is 14.9 Å². The van der Waals surface area contributed by atoms with Crippen molar-refractivity contribution >= 4 is 11.9 Å². The van der Waals surface area contributed by atoms with Crippen molar-refractivity contribution in [3.05, 3.63) is 0 Å². The maximum atomic E-state index is 10.3. The first-order chi connectivity index (χ1) is 5.11. The SMILES string of the molecule is O=C(O)C1CC[C@@H](C(=O)O)N1. The fraction of sp³-hybridized carbons (Fsp3) is 0.667. The highest BCUT2D eigenvalue weighted by atomic mass is 16.4. The van der Waals surface area contributed by atoms with E-state index in [0.29, 0.717) is 12.8 Å². The van der Waals surface area contributed by atoms with Gasteiger partial charge < -0.3 is 10.2 Å². The molecule has 1 aliphatic heterocycles. The van der Waals surface area contributed by atoms with Crippen LogP contribution >= 0.6 is 0 Å². The van der Waals surface area contributed by atoms with Crippen LogP contribution in [0.5, 0.6) is 0 Å². The summed E-state index contributed by atoms with van der Waals surface area (Å²) < 4.78 is 0. The lowest BCUT2D eigenvalue weighted by Gasteiger charge is -2.05. The highest BCUT2D eigenvalue weighted by Crippen LogP contribution is 2.12. The average Bonchev–Trinajstić information content (AvgIpc) is 2.33. The molecule has 1 heterocycles. The van der Waals surface area contributed by atoms with Crippen LogP contribution in [0.4, 0.5) is 0 Å². The van der Waals surface area contributed by atoms with Crippen LogP contribution in [0.2, 0.25) is 0 Å². The van der Waals surface area contributed by atoms with Gasteiger partial charge in [-0.2, -0.15) is 0 Å². The topological polar surface area (TPSA) is 86.6 Å². The molecule has 0 aromatic rings. The minimum absolute atomic E-state index is 0.395. The number of nitrogens with one attached hydrogen (secondary N) is 1. The van der Waals surface area contributed by atoms with E-state index in [9.17, 15) is 9.59 Å². The van der Waals surface area contributed by atoms with Gasteiger partial charge in [-0.25, -0.2) is 0 Å². The number of carbonyl (C=O) groups is 2. The van der Waals surface area contributed by atoms with Gasteiger partial charge in [-0.1, -0.05) is 0 Å². The predicted octanol–water partition coefficient (Wildman–Crippen LogP) is -0.724. The molecule has 11 heavy (non-hydrogen) atoms. The minimum Gasteiger partial charge on any atom is -0.480 e. The summed E-state index contributed by atoms with van der Waals surface area (Å²) in [5.41, 5.74) is 0. The summed E-state index contributed by atoms with van der Waals surface area (Å²) in [5.74, 6) is -1.96. The summed E-state index contributed by atoms with van der Waals surface area (Å²) in [7, 11) is 0. The van der Waals surface area contributed by atoms with Crippen LogP contribution < -0.4 is 5.32 Å². The summed E-state index contributed by atoms with van der Waals surface area (Å²) in [6.45, 7) is 0. The Hall–Kier alpha value is -1.10. The van der Waals surface area contributed by atoms with Gasteiger partial charge in [0.2, 0.25) is 0 Å². The second-order valence-electron chi connectivity index (χ2n) is 2.53. The van der Waals surface area contributed by atoms with Crippen molar-refractivity contribution in [3.63, 3.8) is 0 Å². The molecule has 62 valence electrons. The quantitative estimate of drug-likeness (QED) is 0.494. The van der Waals surface area contributed by atoms with Crippen LogP contribution in [-0.2, 0) is 9.59 Å². The predicted molar refractivity (Wildman–Crippen MR) is 35.2 cm³/mol. The zero-order valence-electron chi connectivity index (χ0n) is 5.78. The van der Waals surface area contributed by atoms with Crippen LogP contribution in [0.3, 0.4) is 0 Å². The second-order valence-corrected chi connectivity index (χ2v) is 2.53. The summed E-state index contributed by atoms with van der Waals surface area (Å²) in [5, 5.41) is 19.4. The van der Waals surface area contributed by atoms with Crippen molar-refractivity contribution in [3.8, 4) is 0 Å². The van der Waals surface area contributed by atoms with E-state index >= 15 is 0 Å². The van der Waals surface area contributed by atoms with E-state index in [4.69, 9.17) is 10.2 Å². The van der Waals surface area contributed by atoms with E-state index in [1.54, 1.807) is 0 Å². The number of hydrogen-bond acceptors (Lipinski definition) is 3. The molecule has 5 heteroatoms.